The lowest BCUT2D eigenvalue weighted by Gasteiger charge is -2.14. The first-order chi connectivity index (χ1) is 9.29. The highest BCUT2D eigenvalue weighted by atomic mass is 79.9. The zero-order chi connectivity index (χ0) is 13.2. The van der Waals surface area contributed by atoms with Gasteiger partial charge in [-0.25, -0.2) is 0 Å². The van der Waals surface area contributed by atoms with Crippen molar-refractivity contribution < 1.29 is 4.42 Å². The molecule has 0 saturated heterocycles. The van der Waals surface area contributed by atoms with Gasteiger partial charge in [0.15, 0.2) is 0 Å². The fraction of sp³-hybridized carbons (Fsp3) is 0.200. The number of likely N-dealkylation sites (N-methyl/N-ethyl adjacent to an activating group) is 1. The van der Waals surface area contributed by atoms with Crippen LogP contribution >= 0.6 is 27.3 Å². The minimum atomic E-state index is 0.263. The molecular weight excluding hydrogens is 322 g/mol. The number of fused-ring (bicyclic) bond motifs is 1. The second-order valence-electron chi connectivity index (χ2n) is 4.42. The van der Waals surface area contributed by atoms with Crippen LogP contribution in [0.5, 0.6) is 0 Å². The first-order valence-corrected chi connectivity index (χ1v) is 7.82. The molecule has 3 rings (SSSR count). The molecule has 2 heterocycles. The van der Waals surface area contributed by atoms with E-state index in [4.69, 9.17) is 4.42 Å². The van der Waals surface area contributed by atoms with Crippen LogP contribution in [0.3, 0.4) is 0 Å². The quantitative estimate of drug-likeness (QED) is 0.743. The highest BCUT2D eigenvalue weighted by Crippen LogP contribution is 2.32. The van der Waals surface area contributed by atoms with E-state index in [-0.39, 0.29) is 6.04 Å². The van der Waals surface area contributed by atoms with Crippen LogP contribution in [0.1, 0.15) is 16.5 Å². The molecule has 4 heteroatoms. The number of hydrogen-bond donors (Lipinski definition) is 1. The molecule has 0 spiro atoms. The smallest absolute Gasteiger partial charge is 0.134 e. The summed E-state index contributed by atoms with van der Waals surface area (Å²) in [6.45, 7) is 0. The number of furan rings is 1. The van der Waals surface area contributed by atoms with E-state index in [1.165, 1.54) is 20.3 Å². The Balaban J connectivity index is 1.96. The van der Waals surface area contributed by atoms with E-state index < -0.39 is 0 Å². The molecule has 0 aliphatic carbocycles. The fourth-order valence-corrected chi connectivity index (χ4v) is 3.85. The molecule has 0 aliphatic rings. The molecule has 98 valence electrons. The van der Waals surface area contributed by atoms with Crippen molar-refractivity contribution in [1.29, 1.82) is 0 Å². The molecule has 1 N–H and O–H groups in total. The van der Waals surface area contributed by atoms with Gasteiger partial charge in [-0.05, 0) is 40.5 Å². The van der Waals surface area contributed by atoms with Gasteiger partial charge in [0.1, 0.15) is 5.58 Å². The number of para-hydroxylation sites is 1. The Morgan fingerprint density at radius 2 is 2.16 bits per heavy atom. The Morgan fingerprint density at radius 3 is 2.89 bits per heavy atom. The van der Waals surface area contributed by atoms with Crippen LogP contribution in [-0.4, -0.2) is 7.05 Å². The van der Waals surface area contributed by atoms with Crippen LogP contribution in [0, 0.1) is 0 Å². The van der Waals surface area contributed by atoms with Crippen molar-refractivity contribution >= 4 is 38.2 Å². The van der Waals surface area contributed by atoms with Crippen molar-refractivity contribution in [1.82, 2.24) is 5.32 Å². The monoisotopic (exact) mass is 335 g/mol. The van der Waals surface area contributed by atoms with E-state index in [0.29, 0.717) is 0 Å². The van der Waals surface area contributed by atoms with Crippen LogP contribution in [0.15, 0.2) is 50.9 Å². The minimum absolute atomic E-state index is 0.263. The van der Waals surface area contributed by atoms with Gasteiger partial charge < -0.3 is 9.73 Å². The van der Waals surface area contributed by atoms with Gasteiger partial charge in [0.2, 0.25) is 0 Å². The molecule has 0 saturated carbocycles. The lowest BCUT2D eigenvalue weighted by Crippen LogP contribution is -2.18. The van der Waals surface area contributed by atoms with Gasteiger partial charge in [-0.1, -0.05) is 18.2 Å². The summed E-state index contributed by atoms with van der Waals surface area (Å²) in [5.74, 6) is 0. The van der Waals surface area contributed by atoms with Crippen LogP contribution in [0.25, 0.3) is 11.0 Å². The summed E-state index contributed by atoms with van der Waals surface area (Å²) in [5.41, 5.74) is 2.17. The van der Waals surface area contributed by atoms with E-state index in [1.807, 2.05) is 25.4 Å². The van der Waals surface area contributed by atoms with E-state index in [0.717, 1.165) is 12.0 Å². The van der Waals surface area contributed by atoms with Crippen molar-refractivity contribution in [2.45, 2.75) is 12.5 Å². The highest BCUT2D eigenvalue weighted by molar-refractivity contribution is 9.10. The zero-order valence-electron chi connectivity index (χ0n) is 10.5. The van der Waals surface area contributed by atoms with Gasteiger partial charge in [0, 0.05) is 32.8 Å². The zero-order valence-corrected chi connectivity index (χ0v) is 12.9. The summed E-state index contributed by atoms with van der Waals surface area (Å²) < 4.78 is 6.82. The van der Waals surface area contributed by atoms with E-state index in [9.17, 15) is 0 Å². The van der Waals surface area contributed by atoms with Crippen molar-refractivity contribution in [2.75, 3.05) is 7.05 Å². The number of benzene rings is 1. The normalized spacial score (nSPS) is 12.9. The number of halogens is 1. The van der Waals surface area contributed by atoms with Gasteiger partial charge in [-0.3, -0.25) is 0 Å². The second-order valence-corrected chi connectivity index (χ2v) is 6.28. The maximum absolute atomic E-state index is 5.63. The number of thiophene rings is 1. The van der Waals surface area contributed by atoms with Crippen molar-refractivity contribution in [3.05, 3.63) is 56.9 Å². The first-order valence-electron chi connectivity index (χ1n) is 6.15. The molecular formula is C15H14BrNOS. The predicted molar refractivity (Wildman–Crippen MR) is 83.7 cm³/mol. The summed E-state index contributed by atoms with van der Waals surface area (Å²) in [6.07, 6.45) is 2.83. The van der Waals surface area contributed by atoms with Crippen LogP contribution in [-0.2, 0) is 6.42 Å². The fourth-order valence-electron chi connectivity index (χ4n) is 2.29. The molecule has 1 atom stereocenters. The molecule has 0 amide bonds. The molecule has 2 nitrogen and oxygen atoms in total. The molecule has 0 bridgehead atoms. The second kappa shape index (κ2) is 5.49. The average molecular weight is 336 g/mol. The number of rotatable bonds is 4. The van der Waals surface area contributed by atoms with Gasteiger partial charge >= 0.3 is 0 Å². The largest absolute Gasteiger partial charge is 0.464 e. The maximum atomic E-state index is 5.63. The molecule has 0 radical (unpaired) electrons. The Bertz CT molecular complexity index is 688. The van der Waals surface area contributed by atoms with Crippen molar-refractivity contribution in [3.8, 4) is 0 Å². The SMILES string of the molecule is CNC(Cc1sccc1Br)c1coc2ccccc12. The Kier molecular flexibility index (Phi) is 3.73. The molecule has 3 aromatic rings. The van der Waals surface area contributed by atoms with Crippen molar-refractivity contribution in [2.24, 2.45) is 0 Å². The summed E-state index contributed by atoms with van der Waals surface area (Å²) in [7, 11) is 1.99. The summed E-state index contributed by atoms with van der Waals surface area (Å²) in [4.78, 5) is 1.35. The third kappa shape index (κ3) is 2.48. The standard InChI is InChI=1S/C15H14BrNOS/c1-17-13(8-15-12(16)6-7-19-15)11-9-18-14-5-3-2-4-10(11)14/h2-7,9,13,17H,8H2,1H3. The number of hydrogen-bond acceptors (Lipinski definition) is 3. The van der Waals surface area contributed by atoms with E-state index >= 15 is 0 Å². The summed E-state index contributed by atoms with van der Waals surface area (Å²) in [5, 5.41) is 6.69. The van der Waals surface area contributed by atoms with Crippen LogP contribution in [0.4, 0.5) is 0 Å². The minimum Gasteiger partial charge on any atom is -0.464 e. The first kappa shape index (κ1) is 12.9. The molecule has 0 aliphatic heterocycles. The van der Waals surface area contributed by atoms with Crippen LogP contribution in [0.2, 0.25) is 0 Å². The lowest BCUT2D eigenvalue weighted by molar-refractivity contribution is 0.565. The van der Waals surface area contributed by atoms with Crippen LogP contribution < -0.4 is 5.32 Å². The molecule has 1 aromatic carbocycles. The molecule has 19 heavy (non-hydrogen) atoms. The van der Waals surface area contributed by atoms with Gasteiger partial charge in [-0.15, -0.1) is 11.3 Å². The Hall–Kier alpha value is -1.10. The Labute approximate surface area is 124 Å². The summed E-state index contributed by atoms with van der Waals surface area (Å²) >= 11 is 5.37. The predicted octanol–water partition coefficient (Wildman–Crippen LogP) is 4.76. The Morgan fingerprint density at radius 1 is 1.32 bits per heavy atom. The van der Waals surface area contributed by atoms with E-state index in [2.05, 4.69) is 44.8 Å². The van der Waals surface area contributed by atoms with E-state index in [1.54, 1.807) is 11.3 Å². The molecule has 2 aromatic heterocycles. The average Bonchev–Trinajstić information content (AvgIpc) is 3.03. The molecule has 0 fully saturated rings. The third-order valence-electron chi connectivity index (χ3n) is 3.32. The topological polar surface area (TPSA) is 25.2 Å². The third-order valence-corrected chi connectivity index (χ3v) is 5.26. The van der Waals surface area contributed by atoms with Gasteiger partial charge in [0.05, 0.1) is 6.26 Å². The van der Waals surface area contributed by atoms with Crippen molar-refractivity contribution in [3.63, 3.8) is 0 Å². The lowest BCUT2D eigenvalue weighted by atomic mass is 10.0. The number of nitrogens with one attached hydrogen (secondary N) is 1. The van der Waals surface area contributed by atoms with Gasteiger partial charge in [0.25, 0.3) is 0 Å². The molecule has 1 unspecified atom stereocenters. The van der Waals surface area contributed by atoms with Gasteiger partial charge in [-0.2, -0.15) is 0 Å². The maximum Gasteiger partial charge on any atom is 0.134 e. The summed E-state index contributed by atoms with van der Waals surface area (Å²) in [6, 6.07) is 10.5. The highest BCUT2D eigenvalue weighted by Gasteiger charge is 2.17.